The average Bonchev–Trinajstić information content (AvgIpc) is 2.35. The summed E-state index contributed by atoms with van der Waals surface area (Å²) in [7, 11) is 1.39. The lowest BCUT2D eigenvalue weighted by Crippen LogP contribution is -2.52. The molecule has 1 saturated heterocycles. The van der Waals surface area contributed by atoms with Gasteiger partial charge in [0.25, 0.3) is 0 Å². The second-order valence-corrected chi connectivity index (χ2v) is 4.31. The number of aliphatic hydroxyl groups excluding tert-OH is 2. The van der Waals surface area contributed by atoms with Crippen molar-refractivity contribution >= 4 is 5.97 Å². The number of aliphatic hydroxyl groups is 2. The molecule has 0 aliphatic carbocycles. The molecule has 1 heterocycles. The smallest absolute Gasteiger partial charge is 0.310 e. The van der Waals surface area contributed by atoms with Gasteiger partial charge in [0.15, 0.2) is 0 Å². The maximum atomic E-state index is 11.5. The monoisotopic (exact) mass is 246 g/mol. The molecule has 6 nitrogen and oxygen atoms in total. The number of nitrogens with one attached hydrogen (secondary N) is 1. The number of carbonyl (C=O) groups excluding carboxylic acids is 1. The van der Waals surface area contributed by atoms with E-state index in [2.05, 4.69) is 5.32 Å². The third kappa shape index (κ3) is 4.59. The zero-order chi connectivity index (χ0) is 12.7. The van der Waals surface area contributed by atoms with Gasteiger partial charge in [-0.1, -0.05) is 0 Å². The quantitative estimate of drug-likeness (QED) is 0.491. The Bertz CT molecular complexity index is 238. The summed E-state index contributed by atoms with van der Waals surface area (Å²) in [5, 5.41) is 20.9. The molecule has 1 rings (SSSR count). The normalized spacial score (nSPS) is 25.8. The largest absolute Gasteiger partial charge is 0.469 e. The topological polar surface area (TPSA) is 82.0 Å². The Morgan fingerprint density at radius 3 is 2.76 bits per heavy atom. The molecular formula is C11H22N2O4. The number of nitrogens with zero attached hydrogens (tertiary/aromatic N) is 1. The van der Waals surface area contributed by atoms with Gasteiger partial charge in [-0.05, 0) is 6.42 Å². The van der Waals surface area contributed by atoms with Gasteiger partial charge >= 0.3 is 5.97 Å². The van der Waals surface area contributed by atoms with E-state index in [1.807, 2.05) is 4.90 Å². The number of hydrogen-bond acceptors (Lipinski definition) is 6. The Kier molecular flexibility index (Phi) is 6.43. The molecule has 0 amide bonds. The Morgan fingerprint density at radius 2 is 2.18 bits per heavy atom. The minimum atomic E-state index is -0.205. The van der Waals surface area contributed by atoms with E-state index in [9.17, 15) is 4.79 Å². The SMILES string of the molecule is COC(=O)C1CC(NCCO)CN(CCO)C1. The number of carbonyl (C=O) groups is 1. The van der Waals surface area contributed by atoms with Crippen LogP contribution in [0.15, 0.2) is 0 Å². The molecule has 0 spiro atoms. The van der Waals surface area contributed by atoms with Crippen molar-refractivity contribution < 1.29 is 19.7 Å². The molecule has 2 unspecified atom stereocenters. The summed E-state index contributed by atoms with van der Waals surface area (Å²) >= 11 is 0. The van der Waals surface area contributed by atoms with Crippen molar-refractivity contribution in [1.29, 1.82) is 0 Å². The van der Waals surface area contributed by atoms with Crippen LogP contribution in [0.25, 0.3) is 0 Å². The van der Waals surface area contributed by atoms with E-state index >= 15 is 0 Å². The highest BCUT2D eigenvalue weighted by molar-refractivity contribution is 5.72. The molecule has 3 N–H and O–H groups in total. The van der Waals surface area contributed by atoms with Crippen molar-refractivity contribution in [1.82, 2.24) is 10.2 Å². The number of piperidine rings is 1. The van der Waals surface area contributed by atoms with Gasteiger partial charge in [-0.15, -0.1) is 0 Å². The second-order valence-electron chi connectivity index (χ2n) is 4.31. The summed E-state index contributed by atoms with van der Waals surface area (Å²) in [6, 6.07) is 0.159. The fourth-order valence-corrected chi connectivity index (χ4v) is 2.27. The van der Waals surface area contributed by atoms with Crippen molar-refractivity contribution in [3.05, 3.63) is 0 Å². The zero-order valence-corrected chi connectivity index (χ0v) is 10.3. The Hall–Kier alpha value is -0.690. The Morgan fingerprint density at radius 1 is 1.41 bits per heavy atom. The number of ether oxygens (including phenoxy) is 1. The summed E-state index contributed by atoms with van der Waals surface area (Å²) in [6.45, 7) is 2.66. The maximum absolute atomic E-state index is 11.5. The van der Waals surface area contributed by atoms with Gasteiger partial charge in [0.05, 0.1) is 26.2 Å². The maximum Gasteiger partial charge on any atom is 0.310 e. The first-order valence-corrected chi connectivity index (χ1v) is 5.96. The molecule has 1 aliphatic heterocycles. The standard InChI is InChI=1S/C11H22N2O4/c1-17-11(16)9-6-10(12-2-4-14)8-13(7-9)3-5-15/h9-10,12,14-15H,2-8H2,1H3. The molecule has 0 aromatic carbocycles. The number of methoxy groups -OCH3 is 1. The van der Waals surface area contributed by atoms with Gasteiger partial charge < -0.3 is 20.3 Å². The summed E-state index contributed by atoms with van der Waals surface area (Å²) < 4.78 is 4.76. The van der Waals surface area contributed by atoms with Gasteiger partial charge in [0.1, 0.15) is 0 Å². The molecule has 1 aliphatic rings. The number of esters is 1. The summed E-state index contributed by atoms with van der Waals surface area (Å²) in [4.78, 5) is 13.6. The molecule has 0 aromatic heterocycles. The van der Waals surface area contributed by atoms with Gasteiger partial charge in [-0.2, -0.15) is 0 Å². The first-order valence-electron chi connectivity index (χ1n) is 5.96. The Labute approximate surface area is 102 Å². The fourth-order valence-electron chi connectivity index (χ4n) is 2.27. The van der Waals surface area contributed by atoms with Crippen LogP contribution in [0.5, 0.6) is 0 Å². The van der Waals surface area contributed by atoms with Crippen LogP contribution in [0, 0.1) is 5.92 Å². The van der Waals surface area contributed by atoms with Crippen molar-refractivity contribution in [3.63, 3.8) is 0 Å². The molecule has 17 heavy (non-hydrogen) atoms. The first kappa shape index (κ1) is 14.4. The van der Waals surface area contributed by atoms with Gasteiger partial charge in [0.2, 0.25) is 0 Å². The summed E-state index contributed by atoms with van der Waals surface area (Å²) in [5.41, 5.74) is 0. The molecule has 0 saturated carbocycles. The van der Waals surface area contributed by atoms with Crippen molar-refractivity contribution in [2.75, 3.05) is 46.5 Å². The summed E-state index contributed by atoms with van der Waals surface area (Å²) in [6.07, 6.45) is 0.717. The van der Waals surface area contributed by atoms with Crippen LogP contribution >= 0.6 is 0 Å². The molecule has 100 valence electrons. The van der Waals surface area contributed by atoms with Crippen molar-refractivity contribution in [2.24, 2.45) is 5.92 Å². The summed E-state index contributed by atoms with van der Waals surface area (Å²) in [5.74, 6) is -0.361. The second kappa shape index (κ2) is 7.60. The number of hydrogen-bond donors (Lipinski definition) is 3. The van der Waals surface area contributed by atoms with E-state index in [1.165, 1.54) is 7.11 Å². The molecule has 2 atom stereocenters. The average molecular weight is 246 g/mol. The number of likely N-dealkylation sites (tertiary alicyclic amines) is 1. The van der Waals surface area contributed by atoms with Crippen molar-refractivity contribution in [3.8, 4) is 0 Å². The first-order chi connectivity index (χ1) is 8.21. The highest BCUT2D eigenvalue weighted by atomic mass is 16.5. The van der Waals surface area contributed by atoms with Gasteiger partial charge in [-0.25, -0.2) is 0 Å². The predicted octanol–water partition coefficient (Wildman–Crippen LogP) is -1.58. The Balaban J connectivity index is 2.52. The van der Waals surface area contributed by atoms with Crippen LogP contribution in [0.4, 0.5) is 0 Å². The van der Waals surface area contributed by atoms with E-state index in [4.69, 9.17) is 14.9 Å². The molecule has 6 heteroatoms. The minimum Gasteiger partial charge on any atom is -0.469 e. The molecule has 0 radical (unpaired) electrons. The minimum absolute atomic E-state index is 0.0827. The molecule has 0 aromatic rings. The highest BCUT2D eigenvalue weighted by Crippen LogP contribution is 2.18. The van der Waals surface area contributed by atoms with E-state index in [0.29, 0.717) is 26.1 Å². The highest BCUT2D eigenvalue weighted by Gasteiger charge is 2.31. The fraction of sp³-hybridized carbons (Fsp3) is 0.909. The van der Waals surface area contributed by atoms with E-state index < -0.39 is 0 Å². The van der Waals surface area contributed by atoms with Gasteiger partial charge in [0, 0.05) is 32.2 Å². The number of β-amino-alcohol motifs (C(OH)–C–C–N with tert-alkyl or cyclic N) is 1. The van der Waals surface area contributed by atoms with Crippen LogP contribution in [-0.2, 0) is 9.53 Å². The van der Waals surface area contributed by atoms with E-state index in [-0.39, 0.29) is 31.1 Å². The van der Waals surface area contributed by atoms with E-state index in [0.717, 1.165) is 6.54 Å². The third-order valence-electron chi connectivity index (χ3n) is 3.02. The van der Waals surface area contributed by atoms with Crippen LogP contribution in [0.2, 0.25) is 0 Å². The van der Waals surface area contributed by atoms with Gasteiger partial charge in [-0.3, -0.25) is 9.69 Å². The third-order valence-corrected chi connectivity index (χ3v) is 3.02. The van der Waals surface area contributed by atoms with E-state index in [1.54, 1.807) is 0 Å². The molecule has 1 fully saturated rings. The van der Waals surface area contributed by atoms with Crippen molar-refractivity contribution in [2.45, 2.75) is 12.5 Å². The number of rotatable bonds is 6. The van der Waals surface area contributed by atoms with Crippen LogP contribution < -0.4 is 5.32 Å². The molecular weight excluding hydrogens is 224 g/mol. The lowest BCUT2D eigenvalue weighted by molar-refractivity contribution is -0.147. The zero-order valence-electron chi connectivity index (χ0n) is 10.3. The van der Waals surface area contributed by atoms with Crippen LogP contribution in [0.3, 0.4) is 0 Å². The van der Waals surface area contributed by atoms with Crippen LogP contribution in [0.1, 0.15) is 6.42 Å². The predicted molar refractivity (Wildman–Crippen MR) is 62.5 cm³/mol. The van der Waals surface area contributed by atoms with Crippen LogP contribution in [-0.4, -0.2) is 73.6 Å². The molecule has 0 bridgehead atoms. The lowest BCUT2D eigenvalue weighted by atomic mass is 9.94. The lowest BCUT2D eigenvalue weighted by Gasteiger charge is -2.36.